The van der Waals surface area contributed by atoms with Crippen molar-refractivity contribution >= 4 is 0 Å². The van der Waals surface area contributed by atoms with E-state index in [1.165, 1.54) is 65.0 Å². The molecule has 0 spiro atoms. The third-order valence-corrected chi connectivity index (χ3v) is 4.30. The number of piperazine rings is 1. The van der Waals surface area contributed by atoms with Gasteiger partial charge in [-0.2, -0.15) is 0 Å². The minimum Gasteiger partial charge on any atom is -0.316 e. The molecular formula is C15H31N3. The largest absolute Gasteiger partial charge is 0.316 e. The molecule has 106 valence electrons. The number of nitrogens with zero attached hydrogens (tertiary/aromatic N) is 2. The maximum absolute atomic E-state index is 3.54. The predicted octanol–water partition coefficient (Wildman–Crippen LogP) is 1.79. The molecule has 1 atom stereocenters. The van der Waals surface area contributed by atoms with Gasteiger partial charge in [0, 0.05) is 25.7 Å². The van der Waals surface area contributed by atoms with Gasteiger partial charge in [-0.15, -0.1) is 0 Å². The number of fused-ring (bicyclic) bond motifs is 1. The zero-order chi connectivity index (χ0) is 12.8. The summed E-state index contributed by atoms with van der Waals surface area (Å²) in [6, 6.07) is 0.871. The van der Waals surface area contributed by atoms with Crippen LogP contribution in [0.5, 0.6) is 0 Å². The third kappa shape index (κ3) is 4.52. The van der Waals surface area contributed by atoms with Gasteiger partial charge < -0.3 is 10.2 Å². The van der Waals surface area contributed by atoms with Crippen LogP contribution in [0.2, 0.25) is 0 Å². The normalized spacial score (nSPS) is 26.5. The lowest BCUT2D eigenvalue weighted by atomic mass is 9.99. The van der Waals surface area contributed by atoms with Crippen molar-refractivity contribution in [2.24, 2.45) is 5.92 Å². The van der Waals surface area contributed by atoms with Gasteiger partial charge in [-0.25, -0.2) is 0 Å². The van der Waals surface area contributed by atoms with Crippen molar-refractivity contribution in [1.82, 2.24) is 15.1 Å². The van der Waals surface area contributed by atoms with Crippen molar-refractivity contribution in [1.29, 1.82) is 0 Å². The van der Waals surface area contributed by atoms with Crippen molar-refractivity contribution in [2.45, 2.75) is 45.6 Å². The first-order chi connectivity index (χ1) is 8.75. The van der Waals surface area contributed by atoms with E-state index in [4.69, 9.17) is 0 Å². The van der Waals surface area contributed by atoms with E-state index in [-0.39, 0.29) is 0 Å². The molecule has 0 amide bonds. The van der Waals surface area contributed by atoms with Gasteiger partial charge in [-0.05, 0) is 51.4 Å². The van der Waals surface area contributed by atoms with Gasteiger partial charge in [-0.3, -0.25) is 4.90 Å². The van der Waals surface area contributed by atoms with Gasteiger partial charge in [0.05, 0.1) is 0 Å². The third-order valence-electron chi connectivity index (χ3n) is 4.30. The number of nitrogens with one attached hydrogen (secondary N) is 1. The van der Waals surface area contributed by atoms with Gasteiger partial charge in [0.2, 0.25) is 0 Å². The second-order valence-electron chi connectivity index (χ2n) is 6.44. The van der Waals surface area contributed by atoms with E-state index in [2.05, 4.69) is 29.0 Å². The molecule has 1 unspecified atom stereocenters. The molecule has 3 heteroatoms. The Morgan fingerprint density at radius 1 is 1.17 bits per heavy atom. The molecule has 0 radical (unpaired) electrons. The molecular weight excluding hydrogens is 222 g/mol. The molecule has 18 heavy (non-hydrogen) atoms. The molecule has 2 saturated heterocycles. The smallest absolute Gasteiger partial charge is 0.0223 e. The van der Waals surface area contributed by atoms with E-state index < -0.39 is 0 Å². The number of piperidine rings is 1. The van der Waals surface area contributed by atoms with Gasteiger partial charge in [0.1, 0.15) is 0 Å². The number of hydrogen-bond acceptors (Lipinski definition) is 3. The van der Waals surface area contributed by atoms with Crippen LogP contribution in [0.25, 0.3) is 0 Å². The standard InChI is InChI=1S/C15H31N3/c1-14(2)12-16-7-5-8-17-10-11-18-9-4-3-6-15(18)13-17/h14-16H,3-13H2,1-2H3. The summed E-state index contributed by atoms with van der Waals surface area (Å²) in [7, 11) is 0. The Hall–Kier alpha value is -0.120. The van der Waals surface area contributed by atoms with E-state index in [1.54, 1.807) is 0 Å². The molecule has 0 saturated carbocycles. The highest BCUT2D eigenvalue weighted by atomic mass is 15.3. The van der Waals surface area contributed by atoms with E-state index in [9.17, 15) is 0 Å². The lowest BCUT2D eigenvalue weighted by Gasteiger charge is -2.44. The maximum atomic E-state index is 3.54. The van der Waals surface area contributed by atoms with Crippen molar-refractivity contribution < 1.29 is 0 Å². The zero-order valence-corrected chi connectivity index (χ0v) is 12.3. The summed E-state index contributed by atoms with van der Waals surface area (Å²) in [4.78, 5) is 5.40. The van der Waals surface area contributed by atoms with Gasteiger partial charge >= 0.3 is 0 Å². The first kappa shape index (κ1) is 14.3. The lowest BCUT2D eigenvalue weighted by molar-refractivity contribution is 0.0490. The van der Waals surface area contributed by atoms with E-state index >= 15 is 0 Å². The molecule has 2 rings (SSSR count). The quantitative estimate of drug-likeness (QED) is 0.728. The molecule has 3 nitrogen and oxygen atoms in total. The Morgan fingerprint density at radius 2 is 2.06 bits per heavy atom. The Morgan fingerprint density at radius 3 is 2.89 bits per heavy atom. The first-order valence-electron chi connectivity index (χ1n) is 7.93. The number of rotatable bonds is 6. The number of hydrogen-bond donors (Lipinski definition) is 1. The van der Waals surface area contributed by atoms with Crippen LogP contribution < -0.4 is 5.32 Å². The fraction of sp³-hybridized carbons (Fsp3) is 1.00. The van der Waals surface area contributed by atoms with Gasteiger partial charge in [0.25, 0.3) is 0 Å². The SMILES string of the molecule is CC(C)CNCCCN1CCN2CCCCC2C1. The summed E-state index contributed by atoms with van der Waals surface area (Å²) in [5, 5.41) is 3.54. The van der Waals surface area contributed by atoms with Crippen LogP contribution in [0, 0.1) is 5.92 Å². The molecule has 1 N–H and O–H groups in total. The molecule has 2 heterocycles. The average Bonchev–Trinajstić information content (AvgIpc) is 2.38. The van der Waals surface area contributed by atoms with Crippen molar-refractivity contribution in [2.75, 3.05) is 45.8 Å². The van der Waals surface area contributed by atoms with E-state index in [0.29, 0.717) is 0 Å². The second-order valence-corrected chi connectivity index (χ2v) is 6.44. The zero-order valence-electron chi connectivity index (χ0n) is 12.3. The van der Waals surface area contributed by atoms with Crippen LogP contribution in [0.1, 0.15) is 39.5 Å². The fourth-order valence-corrected chi connectivity index (χ4v) is 3.24. The highest BCUT2D eigenvalue weighted by molar-refractivity contribution is 4.84. The van der Waals surface area contributed by atoms with Crippen LogP contribution in [0.4, 0.5) is 0 Å². The van der Waals surface area contributed by atoms with Gasteiger partial charge in [-0.1, -0.05) is 20.3 Å². The maximum Gasteiger partial charge on any atom is 0.0223 e. The van der Waals surface area contributed by atoms with Gasteiger partial charge in [0.15, 0.2) is 0 Å². The van der Waals surface area contributed by atoms with Crippen LogP contribution in [0.3, 0.4) is 0 Å². The minimum atomic E-state index is 0.774. The van der Waals surface area contributed by atoms with Crippen molar-refractivity contribution in [3.63, 3.8) is 0 Å². The molecule has 0 aliphatic carbocycles. The highest BCUT2D eigenvalue weighted by Gasteiger charge is 2.28. The van der Waals surface area contributed by atoms with Crippen molar-refractivity contribution in [3.05, 3.63) is 0 Å². The Balaban J connectivity index is 1.57. The molecule has 0 aromatic carbocycles. The molecule has 2 aliphatic rings. The molecule has 0 aromatic heterocycles. The summed E-state index contributed by atoms with van der Waals surface area (Å²) in [5.41, 5.74) is 0. The highest BCUT2D eigenvalue weighted by Crippen LogP contribution is 2.20. The first-order valence-corrected chi connectivity index (χ1v) is 7.93. The monoisotopic (exact) mass is 253 g/mol. The Labute approximate surface area is 113 Å². The summed E-state index contributed by atoms with van der Waals surface area (Å²) in [6.07, 6.45) is 5.61. The Kier molecular flexibility index (Phi) is 5.93. The second kappa shape index (κ2) is 7.46. The van der Waals surface area contributed by atoms with E-state index in [1.807, 2.05) is 0 Å². The molecule has 0 aromatic rings. The molecule has 0 bridgehead atoms. The van der Waals surface area contributed by atoms with Crippen LogP contribution in [0.15, 0.2) is 0 Å². The Bertz CT molecular complexity index is 230. The van der Waals surface area contributed by atoms with E-state index in [0.717, 1.165) is 18.5 Å². The van der Waals surface area contributed by atoms with Crippen molar-refractivity contribution in [3.8, 4) is 0 Å². The molecule has 2 aliphatic heterocycles. The minimum absolute atomic E-state index is 0.774. The van der Waals surface area contributed by atoms with Crippen LogP contribution >= 0.6 is 0 Å². The predicted molar refractivity (Wildman–Crippen MR) is 78.0 cm³/mol. The summed E-state index contributed by atoms with van der Waals surface area (Å²) in [6.45, 7) is 13.5. The fourth-order valence-electron chi connectivity index (χ4n) is 3.24. The van der Waals surface area contributed by atoms with Crippen LogP contribution in [-0.2, 0) is 0 Å². The topological polar surface area (TPSA) is 18.5 Å². The summed E-state index contributed by atoms with van der Waals surface area (Å²) < 4.78 is 0. The summed E-state index contributed by atoms with van der Waals surface area (Å²) >= 11 is 0. The molecule has 2 fully saturated rings. The summed E-state index contributed by atoms with van der Waals surface area (Å²) in [5.74, 6) is 0.774. The van der Waals surface area contributed by atoms with Crippen LogP contribution in [-0.4, -0.2) is 61.7 Å². The lowest BCUT2D eigenvalue weighted by Crippen LogP contribution is -2.54. The average molecular weight is 253 g/mol.